The minimum Gasteiger partial charge on any atom is -0.396 e. The van der Waals surface area contributed by atoms with Crippen LogP contribution in [0.3, 0.4) is 0 Å². The van der Waals surface area contributed by atoms with Gasteiger partial charge in [-0.3, -0.25) is 0 Å². The number of rotatable bonds is 9. The van der Waals surface area contributed by atoms with Crippen LogP contribution in [0.1, 0.15) is 40.4 Å². The highest BCUT2D eigenvalue weighted by Crippen LogP contribution is 2.25. The quantitative estimate of drug-likeness (QED) is 0.384. The molecule has 0 aliphatic carbocycles. The Morgan fingerprint density at radius 3 is 2.50 bits per heavy atom. The van der Waals surface area contributed by atoms with Gasteiger partial charge in [-0.25, -0.2) is 15.0 Å². The molecule has 0 aliphatic heterocycles. The molecule has 2 aromatic heterocycles. The van der Waals surface area contributed by atoms with E-state index in [2.05, 4.69) is 60.8 Å². The topological polar surface area (TPSA) is 70.9 Å². The van der Waals surface area contributed by atoms with E-state index in [-0.39, 0.29) is 6.61 Å². The molecule has 5 nitrogen and oxygen atoms in total. The molecule has 0 bridgehead atoms. The summed E-state index contributed by atoms with van der Waals surface area (Å²) in [6, 6.07) is 18.8. The van der Waals surface area contributed by atoms with Gasteiger partial charge in [0.05, 0.1) is 26.6 Å². The van der Waals surface area contributed by atoms with Crippen molar-refractivity contribution in [2.75, 3.05) is 18.5 Å². The van der Waals surface area contributed by atoms with Crippen molar-refractivity contribution in [3.05, 3.63) is 82.1 Å². The zero-order valence-corrected chi connectivity index (χ0v) is 18.0. The summed E-state index contributed by atoms with van der Waals surface area (Å²) in [6.07, 6.45) is 3.11. The second-order valence-corrected chi connectivity index (χ2v) is 8.56. The van der Waals surface area contributed by atoms with E-state index in [4.69, 9.17) is 20.1 Å². The maximum Gasteiger partial charge on any atom is 0.223 e. The molecule has 0 aliphatic rings. The van der Waals surface area contributed by atoms with Crippen LogP contribution >= 0.6 is 11.3 Å². The highest BCUT2D eigenvalue weighted by molar-refractivity contribution is 7.18. The molecule has 2 heterocycles. The number of aromatic nitrogens is 3. The lowest BCUT2D eigenvalue weighted by atomic mass is 10.1. The minimum absolute atomic E-state index is 0.207. The van der Waals surface area contributed by atoms with Crippen molar-refractivity contribution in [3.8, 4) is 0 Å². The fourth-order valence-electron chi connectivity index (χ4n) is 3.37. The van der Waals surface area contributed by atoms with Crippen molar-refractivity contribution in [1.29, 1.82) is 0 Å². The third kappa shape index (κ3) is 5.40. The average molecular weight is 419 g/mol. The summed E-state index contributed by atoms with van der Waals surface area (Å²) in [7, 11) is 0. The van der Waals surface area contributed by atoms with E-state index >= 15 is 0 Å². The largest absolute Gasteiger partial charge is 0.396 e. The maximum atomic E-state index is 8.99. The van der Waals surface area contributed by atoms with Crippen LogP contribution in [0.2, 0.25) is 0 Å². The third-order valence-corrected chi connectivity index (χ3v) is 5.87. The molecular weight excluding hydrogens is 392 g/mol. The van der Waals surface area contributed by atoms with Gasteiger partial charge in [0.25, 0.3) is 0 Å². The molecular formula is C24H26N4OS. The average Bonchev–Trinajstić information content (AvgIpc) is 3.13. The fraction of sp³-hybridized carbons (Fsp3) is 0.292. The number of unbranched alkanes of at least 4 members (excludes halogenated alkanes) is 1. The van der Waals surface area contributed by atoms with E-state index in [9.17, 15) is 0 Å². The maximum absolute atomic E-state index is 8.99. The van der Waals surface area contributed by atoms with Crippen molar-refractivity contribution >= 4 is 27.5 Å². The Hall–Kier alpha value is -2.83. The van der Waals surface area contributed by atoms with Gasteiger partial charge in [-0.1, -0.05) is 36.4 Å². The van der Waals surface area contributed by atoms with Gasteiger partial charge in [0.15, 0.2) is 0 Å². The Kier molecular flexibility index (Phi) is 6.67. The zero-order chi connectivity index (χ0) is 20.8. The highest BCUT2D eigenvalue weighted by Gasteiger charge is 2.10. The Balaban J connectivity index is 1.58. The molecule has 0 saturated carbocycles. The Morgan fingerprint density at radius 2 is 1.70 bits per heavy atom. The molecule has 30 heavy (non-hydrogen) atoms. The lowest BCUT2D eigenvalue weighted by Gasteiger charge is -2.09. The molecule has 0 amide bonds. The fourth-order valence-corrected chi connectivity index (χ4v) is 4.45. The van der Waals surface area contributed by atoms with Crippen LogP contribution in [0, 0.1) is 6.92 Å². The molecule has 0 atom stereocenters. The Bertz CT molecular complexity index is 1110. The second-order valence-electron chi connectivity index (χ2n) is 7.45. The van der Waals surface area contributed by atoms with Crippen molar-refractivity contribution < 1.29 is 5.11 Å². The predicted molar refractivity (Wildman–Crippen MR) is 123 cm³/mol. The monoisotopic (exact) mass is 418 g/mol. The summed E-state index contributed by atoms with van der Waals surface area (Å²) in [4.78, 5) is 14.2. The SMILES string of the molecule is Cc1ccc2nc(Cc3cc(Cc4ccccc4)nc(NCCCCO)n3)sc2c1. The number of thiazole rings is 1. The van der Waals surface area contributed by atoms with Crippen LogP contribution in [0.4, 0.5) is 5.95 Å². The summed E-state index contributed by atoms with van der Waals surface area (Å²) in [6.45, 7) is 3.06. The van der Waals surface area contributed by atoms with Crippen molar-refractivity contribution in [2.24, 2.45) is 0 Å². The van der Waals surface area contributed by atoms with E-state index in [1.807, 2.05) is 6.07 Å². The van der Waals surface area contributed by atoms with Gasteiger partial charge in [0.2, 0.25) is 5.95 Å². The van der Waals surface area contributed by atoms with Crippen LogP contribution < -0.4 is 5.32 Å². The number of hydrogen-bond donors (Lipinski definition) is 2. The summed E-state index contributed by atoms with van der Waals surface area (Å²) in [5.74, 6) is 0.647. The number of benzene rings is 2. The first-order valence-electron chi connectivity index (χ1n) is 10.3. The highest BCUT2D eigenvalue weighted by atomic mass is 32.1. The Labute approximate surface area is 180 Å². The van der Waals surface area contributed by atoms with E-state index in [1.165, 1.54) is 15.8 Å². The number of aryl methyl sites for hydroxylation is 1. The molecule has 6 heteroatoms. The molecule has 0 saturated heterocycles. The molecule has 2 N–H and O–H groups in total. The zero-order valence-electron chi connectivity index (χ0n) is 17.1. The molecule has 0 fully saturated rings. The van der Waals surface area contributed by atoms with Crippen molar-refractivity contribution in [2.45, 2.75) is 32.6 Å². The summed E-state index contributed by atoms with van der Waals surface area (Å²) >= 11 is 1.73. The van der Waals surface area contributed by atoms with Gasteiger partial charge < -0.3 is 10.4 Å². The normalized spacial score (nSPS) is 11.1. The third-order valence-electron chi connectivity index (χ3n) is 4.85. The molecule has 154 valence electrons. The number of nitrogens with one attached hydrogen (secondary N) is 1. The molecule has 0 unspecified atom stereocenters. The van der Waals surface area contributed by atoms with Crippen LogP contribution in [-0.2, 0) is 12.8 Å². The van der Waals surface area contributed by atoms with Crippen LogP contribution in [0.25, 0.3) is 10.2 Å². The molecule has 0 radical (unpaired) electrons. The molecule has 4 rings (SSSR count). The molecule has 4 aromatic rings. The van der Waals surface area contributed by atoms with E-state index in [0.717, 1.165) is 47.7 Å². The number of aliphatic hydroxyl groups is 1. The lowest BCUT2D eigenvalue weighted by Crippen LogP contribution is -2.09. The number of aliphatic hydroxyl groups excluding tert-OH is 1. The van der Waals surface area contributed by atoms with Crippen molar-refractivity contribution in [3.63, 3.8) is 0 Å². The Morgan fingerprint density at radius 1 is 0.900 bits per heavy atom. The van der Waals surface area contributed by atoms with E-state index < -0.39 is 0 Å². The second kappa shape index (κ2) is 9.78. The summed E-state index contributed by atoms with van der Waals surface area (Å²) in [5.41, 5.74) is 5.48. The molecule has 0 spiro atoms. The van der Waals surface area contributed by atoms with Gasteiger partial charge in [-0.15, -0.1) is 11.3 Å². The first kappa shape index (κ1) is 20.4. The number of nitrogens with zero attached hydrogens (tertiary/aromatic N) is 3. The number of anilines is 1. The van der Waals surface area contributed by atoms with Crippen molar-refractivity contribution in [1.82, 2.24) is 15.0 Å². The van der Waals surface area contributed by atoms with E-state index in [0.29, 0.717) is 12.4 Å². The van der Waals surface area contributed by atoms with Gasteiger partial charge in [0, 0.05) is 26.0 Å². The number of hydrogen-bond acceptors (Lipinski definition) is 6. The molecule has 2 aromatic carbocycles. The van der Waals surface area contributed by atoms with Crippen LogP contribution in [0.5, 0.6) is 0 Å². The first-order valence-corrected chi connectivity index (χ1v) is 11.1. The van der Waals surface area contributed by atoms with Gasteiger partial charge in [-0.05, 0) is 49.1 Å². The van der Waals surface area contributed by atoms with Gasteiger partial charge >= 0.3 is 0 Å². The van der Waals surface area contributed by atoms with Crippen LogP contribution in [-0.4, -0.2) is 33.2 Å². The first-order chi connectivity index (χ1) is 14.7. The standard InChI is InChI=1S/C24H26N4OS/c1-17-9-10-21-22(13-17)30-23(28-21)16-20-15-19(14-18-7-3-2-4-8-18)26-24(27-20)25-11-5-6-12-29/h2-4,7-10,13,15,29H,5-6,11-12,14,16H2,1H3,(H,25,26,27). The summed E-state index contributed by atoms with van der Waals surface area (Å²) in [5, 5.41) is 13.4. The van der Waals surface area contributed by atoms with E-state index in [1.54, 1.807) is 11.3 Å². The van der Waals surface area contributed by atoms with Gasteiger partial charge in [0.1, 0.15) is 0 Å². The van der Waals surface area contributed by atoms with Gasteiger partial charge in [-0.2, -0.15) is 0 Å². The smallest absolute Gasteiger partial charge is 0.223 e. The lowest BCUT2D eigenvalue weighted by molar-refractivity contribution is 0.286. The predicted octanol–water partition coefficient (Wildman–Crippen LogP) is 4.76. The minimum atomic E-state index is 0.207. The summed E-state index contributed by atoms with van der Waals surface area (Å²) < 4.78 is 1.21. The number of fused-ring (bicyclic) bond motifs is 1. The van der Waals surface area contributed by atoms with Crippen LogP contribution in [0.15, 0.2) is 54.6 Å².